The number of anilines is 2. The van der Waals surface area contributed by atoms with Crippen LogP contribution in [-0.2, 0) is 0 Å². The number of nitrogens with one attached hydrogen (secondary N) is 2. The number of thiophene rings is 1. The van der Waals surface area contributed by atoms with Crippen LogP contribution in [0.1, 0.15) is 0 Å². The molecule has 0 spiro atoms. The van der Waals surface area contributed by atoms with E-state index in [4.69, 9.17) is 11.6 Å². The average Bonchev–Trinajstić information content (AvgIpc) is 3.18. The minimum Gasteiger partial charge on any atom is -0.339 e. The smallest absolute Gasteiger partial charge is 0.224 e. The third-order valence-electron chi connectivity index (χ3n) is 3.26. The SMILES string of the molecule is Clc1nc(Nc2ccc(-c3cn[nH]c3)cc2)c2sccc2n1. The molecular formula is C15H10ClN5S. The molecule has 0 saturated heterocycles. The van der Waals surface area contributed by atoms with E-state index in [1.165, 1.54) is 0 Å². The highest BCUT2D eigenvalue weighted by Crippen LogP contribution is 2.30. The monoisotopic (exact) mass is 327 g/mol. The number of halogens is 1. The predicted octanol–water partition coefficient (Wildman–Crippen LogP) is 4.48. The maximum atomic E-state index is 5.97. The topological polar surface area (TPSA) is 66.5 Å². The van der Waals surface area contributed by atoms with E-state index >= 15 is 0 Å². The second kappa shape index (κ2) is 5.40. The number of benzene rings is 1. The minimum atomic E-state index is 0.239. The Balaban J connectivity index is 1.66. The summed E-state index contributed by atoms with van der Waals surface area (Å²) < 4.78 is 0.989. The zero-order valence-corrected chi connectivity index (χ0v) is 12.8. The molecule has 4 aromatic rings. The van der Waals surface area contributed by atoms with Crippen LogP contribution in [-0.4, -0.2) is 20.2 Å². The van der Waals surface area contributed by atoms with Crippen molar-refractivity contribution in [3.63, 3.8) is 0 Å². The van der Waals surface area contributed by atoms with Crippen molar-refractivity contribution in [1.82, 2.24) is 20.2 Å². The van der Waals surface area contributed by atoms with Gasteiger partial charge in [-0.1, -0.05) is 12.1 Å². The van der Waals surface area contributed by atoms with E-state index in [1.54, 1.807) is 17.5 Å². The first kappa shape index (κ1) is 13.2. The fourth-order valence-electron chi connectivity index (χ4n) is 2.21. The molecule has 3 heterocycles. The van der Waals surface area contributed by atoms with Gasteiger partial charge < -0.3 is 5.32 Å². The average molecular weight is 328 g/mol. The van der Waals surface area contributed by atoms with Gasteiger partial charge in [0, 0.05) is 17.4 Å². The third-order valence-corrected chi connectivity index (χ3v) is 4.33. The molecule has 0 bridgehead atoms. The molecule has 22 heavy (non-hydrogen) atoms. The lowest BCUT2D eigenvalue weighted by Gasteiger charge is -2.07. The summed E-state index contributed by atoms with van der Waals surface area (Å²) >= 11 is 7.56. The van der Waals surface area contributed by atoms with Crippen molar-refractivity contribution >= 4 is 44.7 Å². The molecule has 3 aromatic heterocycles. The number of aromatic amines is 1. The number of aromatic nitrogens is 4. The Hall–Kier alpha value is -2.44. The Morgan fingerprint density at radius 3 is 2.68 bits per heavy atom. The third kappa shape index (κ3) is 2.43. The molecule has 1 aromatic carbocycles. The van der Waals surface area contributed by atoms with E-state index < -0.39 is 0 Å². The maximum Gasteiger partial charge on any atom is 0.224 e. The number of rotatable bonds is 3. The van der Waals surface area contributed by atoms with Crippen molar-refractivity contribution in [3.8, 4) is 11.1 Å². The molecule has 2 N–H and O–H groups in total. The van der Waals surface area contributed by atoms with Crippen LogP contribution in [0.4, 0.5) is 11.5 Å². The predicted molar refractivity (Wildman–Crippen MR) is 89.7 cm³/mol. The van der Waals surface area contributed by atoms with Crippen LogP contribution in [0.5, 0.6) is 0 Å². The van der Waals surface area contributed by atoms with Gasteiger partial charge in [0.25, 0.3) is 0 Å². The Kier molecular flexibility index (Phi) is 3.25. The maximum absolute atomic E-state index is 5.97. The van der Waals surface area contributed by atoms with Gasteiger partial charge in [0.05, 0.1) is 16.4 Å². The molecule has 0 aliphatic carbocycles. The van der Waals surface area contributed by atoms with Crippen LogP contribution in [0.15, 0.2) is 48.1 Å². The normalized spacial score (nSPS) is 11.0. The molecule has 0 amide bonds. The van der Waals surface area contributed by atoms with E-state index in [2.05, 4.69) is 25.5 Å². The molecule has 4 rings (SSSR count). The summed E-state index contributed by atoms with van der Waals surface area (Å²) in [4.78, 5) is 8.48. The number of H-pyrrole nitrogens is 1. The lowest BCUT2D eigenvalue weighted by Crippen LogP contribution is -1.95. The van der Waals surface area contributed by atoms with Gasteiger partial charge in [-0.2, -0.15) is 10.1 Å². The van der Waals surface area contributed by atoms with E-state index in [9.17, 15) is 0 Å². The molecule has 0 fully saturated rings. The summed E-state index contributed by atoms with van der Waals surface area (Å²) in [6.07, 6.45) is 3.66. The fraction of sp³-hybridized carbons (Fsp3) is 0. The largest absolute Gasteiger partial charge is 0.339 e. The first-order valence-electron chi connectivity index (χ1n) is 6.56. The van der Waals surface area contributed by atoms with Crippen molar-refractivity contribution in [2.24, 2.45) is 0 Å². The van der Waals surface area contributed by atoms with Gasteiger partial charge in [-0.05, 0) is 40.7 Å². The number of hydrogen-bond donors (Lipinski definition) is 2. The summed E-state index contributed by atoms with van der Waals surface area (Å²) in [7, 11) is 0. The molecule has 5 nitrogen and oxygen atoms in total. The van der Waals surface area contributed by atoms with Gasteiger partial charge in [0.1, 0.15) is 0 Å². The highest BCUT2D eigenvalue weighted by molar-refractivity contribution is 7.17. The summed E-state index contributed by atoms with van der Waals surface area (Å²) in [5, 5.41) is 12.3. The van der Waals surface area contributed by atoms with Gasteiger partial charge in [0.2, 0.25) is 5.28 Å². The standard InChI is InChI=1S/C15H10ClN5S/c16-15-20-12-5-6-22-13(12)14(21-15)19-11-3-1-9(2-4-11)10-7-17-18-8-10/h1-8H,(H,17,18)(H,19,20,21). The van der Waals surface area contributed by atoms with Crippen molar-refractivity contribution in [1.29, 1.82) is 0 Å². The highest BCUT2D eigenvalue weighted by atomic mass is 35.5. The van der Waals surface area contributed by atoms with E-state index in [1.807, 2.05) is 41.9 Å². The Labute approximate surface area is 135 Å². The van der Waals surface area contributed by atoms with Crippen LogP contribution in [0, 0.1) is 0 Å². The lowest BCUT2D eigenvalue weighted by atomic mass is 10.1. The molecule has 0 saturated carbocycles. The van der Waals surface area contributed by atoms with Crippen molar-refractivity contribution < 1.29 is 0 Å². The lowest BCUT2D eigenvalue weighted by molar-refractivity contribution is 1.09. The summed E-state index contributed by atoms with van der Waals surface area (Å²) in [6.45, 7) is 0. The Morgan fingerprint density at radius 2 is 1.91 bits per heavy atom. The first-order chi connectivity index (χ1) is 10.8. The number of hydrogen-bond acceptors (Lipinski definition) is 5. The number of fused-ring (bicyclic) bond motifs is 1. The Morgan fingerprint density at radius 1 is 1.05 bits per heavy atom. The second-order valence-corrected chi connectivity index (χ2v) is 5.92. The molecule has 0 unspecified atom stereocenters. The first-order valence-corrected chi connectivity index (χ1v) is 7.82. The van der Waals surface area contributed by atoms with Crippen LogP contribution >= 0.6 is 22.9 Å². The van der Waals surface area contributed by atoms with E-state index in [-0.39, 0.29) is 5.28 Å². The van der Waals surface area contributed by atoms with Crippen molar-refractivity contribution in [2.45, 2.75) is 0 Å². The zero-order valence-electron chi connectivity index (χ0n) is 11.2. The number of nitrogens with zero attached hydrogens (tertiary/aromatic N) is 3. The van der Waals surface area contributed by atoms with E-state index in [0.29, 0.717) is 0 Å². The molecule has 7 heteroatoms. The van der Waals surface area contributed by atoms with Crippen LogP contribution in [0.2, 0.25) is 5.28 Å². The summed E-state index contributed by atoms with van der Waals surface area (Å²) in [6, 6.07) is 9.99. The molecule has 108 valence electrons. The zero-order chi connectivity index (χ0) is 14.9. The van der Waals surface area contributed by atoms with Crippen LogP contribution < -0.4 is 5.32 Å². The molecule has 0 aliphatic rings. The molecule has 0 atom stereocenters. The van der Waals surface area contributed by atoms with Crippen LogP contribution in [0.25, 0.3) is 21.3 Å². The molecule has 0 radical (unpaired) electrons. The quantitative estimate of drug-likeness (QED) is 0.544. The van der Waals surface area contributed by atoms with E-state index in [0.717, 1.165) is 32.8 Å². The van der Waals surface area contributed by atoms with Gasteiger partial charge >= 0.3 is 0 Å². The Bertz CT molecular complexity index is 915. The van der Waals surface area contributed by atoms with Crippen molar-refractivity contribution in [2.75, 3.05) is 5.32 Å². The molecule has 0 aliphatic heterocycles. The summed E-state index contributed by atoms with van der Waals surface area (Å²) in [5.74, 6) is 0.723. The van der Waals surface area contributed by atoms with Gasteiger partial charge in [-0.3, -0.25) is 5.10 Å². The van der Waals surface area contributed by atoms with Gasteiger partial charge in [-0.15, -0.1) is 11.3 Å². The highest BCUT2D eigenvalue weighted by Gasteiger charge is 2.08. The summed E-state index contributed by atoms with van der Waals surface area (Å²) in [5.41, 5.74) is 3.94. The van der Waals surface area contributed by atoms with Crippen LogP contribution in [0.3, 0.4) is 0 Å². The van der Waals surface area contributed by atoms with Gasteiger partial charge in [0.15, 0.2) is 5.82 Å². The van der Waals surface area contributed by atoms with Gasteiger partial charge in [-0.25, -0.2) is 4.98 Å². The van der Waals surface area contributed by atoms with Crippen molar-refractivity contribution in [3.05, 3.63) is 53.4 Å². The minimum absolute atomic E-state index is 0.239. The second-order valence-electron chi connectivity index (χ2n) is 4.67. The fourth-order valence-corrected chi connectivity index (χ4v) is 3.16. The molecular weight excluding hydrogens is 318 g/mol.